The maximum Gasteiger partial charge on any atom is 0.406 e. The Kier molecular flexibility index (Phi) is 4.19. The summed E-state index contributed by atoms with van der Waals surface area (Å²) in [5.74, 6) is -0.965. The van der Waals surface area contributed by atoms with E-state index in [0.717, 1.165) is 7.11 Å². The maximum atomic E-state index is 11.8. The monoisotopic (exact) mass is 214 g/mol. The lowest BCUT2D eigenvalue weighted by Crippen LogP contribution is -2.45. The van der Waals surface area contributed by atoms with Crippen LogP contribution >= 0.6 is 0 Å². The van der Waals surface area contributed by atoms with Crippen molar-refractivity contribution in [3.63, 3.8) is 0 Å². The van der Waals surface area contributed by atoms with Gasteiger partial charge in [0.05, 0.1) is 7.11 Å². The highest BCUT2D eigenvalue weighted by Crippen LogP contribution is 2.16. The molecular formula is C6H9F3N2O3. The molecule has 0 aromatic rings. The molecule has 0 atom stereocenters. The molecule has 0 aromatic carbocycles. The van der Waals surface area contributed by atoms with Crippen LogP contribution in [0.2, 0.25) is 0 Å². The normalized spacial score (nSPS) is 10.9. The van der Waals surface area contributed by atoms with Gasteiger partial charge >= 0.3 is 18.2 Å². The number of hydrogen-bond donors (Lipinski definition) is 1. The molecule has 0 heterocycles. The van der Waals surface area contributed by atoms with Gasteiger partial charge in [-0.1, -0.05) is 0 Å². The van der Waals surface area contributed by atoms with Crippen molar-refractivity contribution in [2.24, 2.45) is 5.73 Å². The Balaban J connectivity index is 4.31. The number of hydrogen-bond acceptors (Lipinski definition) is 3. The Morgan fingerprint density at radius 1 is 1.43 bits per heavy atom. The van der Waals surface area contributed by atoms with E-state index in [2.05, 4.69) is 10.5 Å². The van der Waals surface area contributed by atoms with Crippen LogP contribution in [-0.4, -0.2) is 43.3 Å². The molecule has 0 aliphatic carbocycles. The van der Waals surface area contributed by atoms with Gasteiger partial charge in [-0.05, 0) is 0 Å². The fourth-order valence-corrected chi connectivity index (χ4v) is 0.649. The van der Waals surface area contributed by atoms with Crippen LogP contribution in [-0.2, 0) is 9.53 Å². The summed E-state index contributed by atoms with van der Waals surface area (Å²) in [6, 6.07) is -1.33. The zero-order valence-electron chi connectivity index (χ0n) is 7.30. The number of nitrogens with two attached hydrogens (primary N) is 1. The SMILES string of the molecule is COC(=O)CN(CC(F)(F)F)C(N)=O. The minimum Gasteiger partial charge on any atom is -0.468 e. The van der Waals surface area contributed by atoms with Crippen molar-refractivity contribution in [1.82, 2.24) is 4.90 Å². The van der Waals surface area contributed by atoms with Crippen molar-refractivity contribution in [3.05, 3.63) is 0 Å². The van der Waals surface area contributed by atoms with Crippen LogP contribution in [0.3, 0.4) is 0 Å². The van der Waals surface area contributed by atoms with Gasteiger partial charge in [0.2, 0.25) is 0 Å². The van der Waals surface area contributed by atoms with E-state index in [1.54, 1.807) is 0 Å². The van der Waals surface area contributed by atoms with Crippen LogP contribution < -0.4 is 5.73 Å². The van der Waals surface area contributed by atoms with E-state index in [4.69, 9.17) is 0 Å². The topological polar surface area (TPSA) is 72.6 Å². The first kappa shape index (κ1) is 12.5. The predicted molar refractivity (Wildman–Crippen MR) is 39.2 cm³/mol. The van der Waals surface area contributed by atoms with Gasteiger partial charge in [0.1, 0.15) is 13.1 Å². The number of rotatable bonds is 3. The van der Waals surface area contributed by atoms with Crippen LogP contribution in [0.1, 0.15) is 0 Å². The molecule has 2 amide bonds. The Labute approximate surface area is 77.6 Å². The van der Waals surface area contributed by atoms with Crippen LogP contribution in [0.5, 0.6) is 0 Å². The summed E-state index contributed by atoms with van der Waals surface area (Å²) >= 11 is 0. The summed E-state index contributed by atoms with van der Waals surface area (Å²) in [6.07, 6.45) is -4.59. The molecule has 0 fully saturated rings. The zero-order valence-corrected chi connectivity index (χ0v) is 7.30. The van der Waals surface area contributed by atoms with E-state index < -0.39 is 31.3 Å². The lowest BCUT2D eigenvalue weighted by molar-refractivity contribution is -0.150. The second-order valence-corrected chi connectivity index (χ2v) is 2.39. The minimum absolute atomic E-state index is 0.145. The smallest absolute Gasteiger partial charge is 0.406 e. The van der Waals surface area contributed by atoms with E-state index in [9.17, 15) is 22.8 Å². The van der Waals surface area contributed by atoms with Gasteiger partial charge in [0.15, 0.2) is 0 Å². The third kappa shape index (κ3) is 5.22. The van der Waals surface area contributed by atoms with Crippen molar-refractivity contribution in [3.8, 4) is 0 Å². The van der Waals surface area contributed by atoms with Gasteiger partial charge < -0.3 is 15.4 Å². The molecule has 0 unspecified atom stereocenters. The maximum absolute atomic E-state index is 11.8. The first-order valence-corrected chi connectivity index (χ1v) is 3.44. The standard InChI is InChI=1S/C6H9F3N2O3/c1-14-4(12)2-11(5(10)13)3-6(7,8)9/h2-3H2,1H3,(H2,10,13). The molecule has 5 nitrogen and oxygen atoms in total. The van der Waals surface area contributed by atoms with Crippen LogP contribution in [0.25, 0.3) is 0 Å². The van der Waals surface area contributed by atoms with Gasteiger partial charge in [-0.3, -0.25) is 4.79 Å². The molecule has 14 heavy (non-hydrogen) atoms. The molecule has 0 aromatic heterocycles. The lowest BCUT2D eigenvalue weighted by atomic mass is 10.5. The summed E-state index contributed by atoms with van der Waals surface area (Å²) in [5, 5.41) is 0. The summed E-state index contributed by atoms with van der Waals surface area (Å²) in [5.41, 5.74) is 4.63. The summed E-state index contributed by atoms with van der Waals surface area (Å²) in [7, 11) is 0.995. The number of methoxy groups -OCH3 is 1. The second kappa shape index (κ2) is 4.68. The van der Waals surface area contributed by atoms with Crippen molar-refractivity contribution in [2.45, 2.75) is 6.18 Å². The molecule has 0 aliphatic rings. The number of urea groups is 1. The first-order valence-electron chi connectivity index (χ1n) is 3.44. The average molecular weight is 214 g/mol. The molecule has 0 spiro atoms. The van der Waals surface area contributed by atoms with E-state index in [0.29, 0.717) is 0 Å². The highest BCUT2D eigenvalue weighted by atomic mass is 19.4. The van der Waals surface area contributed by atoms with Gasteiger partial charge in [0.25, 0.3) is 0 Å². The fourth-order valence-electron chi connectivity index (χ4n) is 0.649. The number of halogens is 3. The van der Waals surface area contributed by atoms with Gasteiger partial charge in [0, 0.05) is 0 Å². The highest BCUT2D eigenvalue weighted by Gasteiger charge is 2.33. The number of carbonyl (C=O) groups excluding carboxylic acids is 2. The summed E-state index contributed by atoms with van der Waals surface area (Å²) < 4.78 is 39.5. The van der Waals surface area contributed by atoms with E-state index in [1.807, 2.05) is 0 Å². The van der Waals surface area contributed by atoms with Gasteiger partial charge in [-0.25, -0.2) is 4.79 Å². The third-order valence-electron chi connectivity index (χ3n) is 1.23. The number of esters is 1. The van der Waals surface area contributed by atoms with Gasteiger partial charge in [-0.2, -0.15) is 13.2 Å². The quantitative estimate of drug-likeness (QED) is 0.677. The molecule has 8 heteroatoms. The van der Waals surface area contributed by atoms with E-state index >= 15 is 0 Å². The first-order chi connectivity index (χ1) is 6.26. The number of nitrogens with zero attached hydrogens (tertiary/aromatic N) is 1. The largest absolute Gasteiger partial charge is 0.468 e. The Morgan fingerprint density at radius 2 is 1.93 bits per heavy atom. The van der Waals surface area contributed by atoms with Gasteiger partial charge in [-0.15, -0.1) is 0 Å². The van der Waals surface area contributed by atoms with Crippen molar-refractivity contribution < 1.29 is 27.5 Å². The number of primary amides is 1. The number of alkyl halides is 3. The fraction of sp³-hybridized carbons (Fsp3) is 0.667. The van der Waals surface area contributed by atoms with Crippen molar-refractivity contribution >= 4 is 12.0 Å². The van der Waals surface area contributed by atoms with Crippen molar-refractivity contribution in [2.75, 3.05) is 20.2 Å². The molecule has 0 radical (unpaired) electrons. The molecule has 82 valence electrons. The van der Waals surface area contributed by atoms with Crippen LogP contribution in [0.15, 0.2) is 0 Å². The minimum atomic E-state index is -4.59. The molecule has 2 N–H and O–H groups in total. The molecular weight excluding hydrogens is 205 g/mol. The highest BCUT2D eigenvalue weighted by molar-refractivity contribution is 5.79. The number of amides is 2. The lowest BCUT2D eigenvalue weighted by Gasteiger charge is -2.20. The van der Waals surface area contributed by atoms with Crippen LogP contribution in [0, 0.1) is 0 Å². The van der Waals surface area contributed by atoms with E-state index in [1.165, 1.54) is 0 Å². The van der Waals surface area contributed by atoms with Crippen molar-refractivity contribution in [1.29, 1.82) is 0 Å². The Morgan fingerprint density at radius 3 is 2.21 bits per heavy atom. The van der Waals surface area contributed by atoms with Crippen LogP contribution in [0.4, 0.5) is 18.0 Å². The molecule has 0 rings (SSSR count). The molecule has 0 saturated carbocycles. The number of carbonyl (C=O) groups is 2. The molecule has 0 saturated heterocycles. The predicted octanol–water partition coefficient (Wildman–Crippen LogP) is 0.102. The third-order valence-corrected chi connectivity index (χ3v) is 1.23. The van der Waals surface area contributed by atoms with E-state index in [-0.39, 0.29) is 4.90 Å². The Bertz CT molecular complexity index is 229. The summed E-state index contributed by atoms with van der Waals surface area (Å²) in [6.45, 7) is -2.39. The zero-order chi connectivity index (χ0) is 11.4. The second-order valence-electron chi connectivity index (χ2n) is 2.39. The molecule has 0 aliphatic heterocycles. The molecule has 0 bridgehead atoms. The Hall–Kier alpha value is -1.47. The summed E-state index contributed by atoms with van der Waals surface area (Å²) in [4.78, 5) is 21.2. The number of ether oxygens (including phenoxy) is 1. The average Bonchev–Trinajstić information content (AvgIpc) is 2.00.